The van der Waals surface area contributed by atoms with E-state index in [0.29, 0.717) is 33.2 Å². The number of hydrogen-bond acceptors (Lipinski definition) is 5. The van der Waals surface area contributed by atoms with E-state index < -0.39 is 6.67 Å². The van der Waals surface area contributed by atoms with E-state index in [0.717, 1.165) is 24.8 Å². The smallest absolute Gasteiger partial charge is 0.225 e. The van der Waals surface area contributed by atoms with E-state index >= 15 is 0 Å². The molecule has 1 heterocycles. The van der Waals surface area contributed by atoms with Crippen molar-refractivity contribution in [3.63, 3.8) is 0 Å². The summed E-state index contributed by atoms with van der Waals surface area (Å²) in [6.07, 6.45) is 2.73. The van der Waals surface area contributed by atoms with Crippen LogP contribution in [-0.2, 0) is 13.1 Å². The first-order valence-corrected chi connectivity index (χ1v) is 12.3. The van der Waals surface area contributed by atoms with Crippen LogP contribution in [0.4, 0.5) is 15.8 Å². The number of benzene rings is 4. The Morgan fingerprint density at radius 2 is 1.66 bits per heavy atom. The van der Waals surface area contributed by atoms with Gasteiger partial charge in [0.2, 0.25) is 5.88 Å². The number of carbonyl (C=O) groups is 1. The van der Waals surface area contributed by atoms with Crippen LogP contribution >= 0.6 is 0 Å². The summed E-state index contributed by atoms with van der Waals surface area (Å²) in [4.78, 5) is 11.2. The Labute approximate surface area is 219 Å². The molecule has 0 saturated heterocycles. The van der Waals surface area contributed by atoms with Crippen molar-refractivity contribution in [1.82, 2.24) is 4.57 Å². The number of hydrogen-bond donors (Lipinski definition) is 2. The fraction of sp³-hybridized carbons (Fsp3) is 0.129. The number of carbonyl (C=O) groups excluding carboxylic acids is 1. The van der Waals surface area contributed by atoms with Gasteiger partial charge in [-0.2, -0.15) is 0 Å². The number of aromatic nitrogens is 1. The molecule has 5 aromatic rings. The molecule has 0 fully saturated rings. The molecule has 6 nitrogen and oxygen atoms in total. The van der Waals surface area contributed by atoms with Crippen LogP contribution in [0.1, 0.15) is 34.8 Å². The SMILES string of the molecule is CCCc1ccc(-n2c(O)c(N=Nc3cccc(-c4cccc(C=O)c4)c3O)c3cc(CF)ccc32)cc1. The van der Waals surface area contributed by atoms with Gasteiger partial charge in [0.25, 0.3) is 0 Å². The average molecular weight is 508 g/mol. The van der Waals surface area contributed by atoms with Crippen LogP contribution in [0.25, 0.3) is 27.7 Å². The highest BCUT2D eigenvalue weighted by atomic mass is 19.1. The lowest BCUT2D eigenvalue weighted by atomic mass is 10.0. The van der Waals surface area contributed by atoms with E-state index in [-0.39, 0.29) is 23.0 Å². The number of azo groups is 1. The number of aldehydes is 1. The Morgan fingerprint density at radius 1 is 0.895 bits per heavy atom. The van der Waals surface area contributed by atoms with Crippen LogP contribution in [0.2, 0.25) is 0 Å². The van der Waals surface area contributed by atoms with Crippen LogP contribution in [0, 0.1) is 0 Å². The van der Waals surface area contributed by atoms with Gasteiger partial charge in [-0.25, -0.2) is 4.39 Å². The predicted octanol–water partition coefficient (Wildman–Crippen LogP) is 8.36. The van der Waals surface area contributed by atoms with Gasteiger partial charge >= 0.3 is 0 Å². The molecule has 1 aromatic heterocycles. The van der Waals surface area contributed by atoms with E-state index in [4.69, 9.17) is 0 Å². The summed E-state index contributed by atoms with van der Waals surface area (Å²) in [5.74, 6) is -0.254. The number of aryl methyl sites for hydroxylation is 1. The number of rotatable bonds is 8. The summed E-state index contributed by atoms with van der Waals surface area (Å²) < 4.78 is 15.2. The number of phenols is 1. The lowest BCUT2D eigenvalue weighted by Crippen LogP contribution is -1.94. The number of halogens is 1. The highest BCUT2D eigenvalue weighted by molar-refractivity contribution is 5.97. The van der Waals surface area contributed by atoms with Gasteiger partial charge in [-0.1, -0.05) is 61.9 Å². The van der Waals surface area contributed by atoms with E-state index in [2.05, 4.69) is 17.2 Å². The molecule has 38 heavy (non-hydrogen) atoms. The Kier molecular flexibility index (Phi) is 7.00. The van der Waals surface area contributed by atoms with Crippen molar-refractivity contribution in [2.75, 3.05) is 0 Å². The molecule has 0 spiro atoms. The third-order valence-electron chi connectivity index (χ3n) is 6.47. The fourth-order valence-electron chi connectivity index (χ4n) is 4.58. The standard InChI is InChI=1S/C31H26FN3O3/c1-2-5-20-10-13-24(14-11-20)35-28-15-12-21(18-32)17-26(28)29(31(35)38)34-33-27-9-4-8-25(30(27)37)23-7-3-6-22(16-23)19-36/h3-4,6-17,19,37-38H,2,5,18H2,1H3. The number of aromatic hydroxyl groups is 2. The maximum Gasteiger partial charge on any atom is 0.225 e. The first-order valence-electron chi connectivity index (χ1n) is 12.3. The zero-order chi connectivity index (χ0) is 26.6. The largest absolute Gasteiger partial charge is 0.505 e. The quantitative estimate of drug-likeness (QED) is 0.163. The highest BCUT2D eigenvalue weighted by Gasteiger charge is 2.19. The van der Waals surface area contributed by atoms with Crippen LogP contribution in [0.5, 0.6) is 11.6 Å². The molecule has 0 aliphatic heterocycles. The molecule has 5 rings (SSSR count). The maximum atomic E-state index is 13.5. The lowest BCUT2D eigenvalue weighted by Gasteiger charge is -2.08. The van der Waals surface area contributed by atoms with Crippen molar-refractivity contribution in [3.8, 4) is 28.4 Å². The third kappa shape index (κ3) is 4.66. The Bertz CT molecular complexity index is 1660. The van der Waals surface area contributed by atoms with Crippen molar-refractivity contribution in [3.05, 3.63) is 102 Å². The van der Waals surface area contributed by atoms with Crippen molar-refractivity contribution < 1.29 is 19.4 Å². The fourth-order valence-corrected chi connectivity index (χ4v) is 4.58. The van der Waals surface area contributed by atoms with Crippen LogP contribution in [0.15, 0.2) is 95.2 Å². The van der Waals surface area contributed by atoms with E-state index in [1.54, 1.807) is 65.2 Å². The van der Waals surface area contributed by atoms with Crippen LogP contribution < -0.4 is 0 Å². The number of fused-ring (bicyclic) bond motifs is 1. The van der Waals surface area contributed by atoms with Gasteiger partial charge in [-0.3, -0.25) is 9.36 Å². The van der Waals surface area contributed by atoms with Crippen LogP contribution in [0.3, 0.4) is 0 Å². The first-order chi connectivity index (χ1) is 18.5. The van der Waals surface area contributed by atoms with Gasteiger partial charge in [-0.05, 0) is 59.5 Å². The molecule has 190 valence electrons. The molecule has 0 aliphatic carbocycles. The summed E-state index contributed by atoms with van der Waals surface area (Å²) in [6, 6.07) is 24.9. The van der Waals surface area contributed by atoms with Gasteiger partial charge in [0, 0.05) is 22.2 Å². The van der Waals surface area contributed by atoms with Crippen molar-refractivity contribution >= 4 is 28.6 Å². The number of para-hydroxylation sites is 1. The molecule has 0 atom stereocenters. The normalized spacial score (nSPS) is 11.4. The average Bonchev–Trinajstić information content (AvgIpc) is 3.23. The molecule has 0 aliphatic rings. The van der Waals surface area contributed by atoms with Gasteiger partial charge < -0.3 is 10.2 Å². The summed E-state index contributed by atoms with van der Waals surface area (Å²) in [5, 5.41) is 31.3. The zero-order valence-electron chi connectivity index (χ0n) is 20.8. The van der Waals surface area contributed by atoms with E-state index in [9.17, 15) is 19.4 Å². The molecule has 4 aromatic carbocycles. The van der Waals surface area contributed by atoms with Gasteiger partial charge in [0.05, 0.1) is 5.52 Å². The predicted molar refractivity (Wildman–Crippen MR) is 147 cm³/mol. The molecule has 0 saturated carbocycles. The summed E-state index contributed by atoms with van der Waals surface area (Å²) in [5.41, 5.74) is 5.02. The molecular weight excluding hydrogens is 481 g/mol. The van der Waals surface area contributed by atoms with Gasteiger partial charge in [0.15, 0.2) is 11.4 Å². The minimum Gasteiger partial charge on any atom is -0.505 e. The number of phenolic OH excluding ortho intramolecular Hbond substituents is 1. The third-order valence-corrected chi connectivity index (χ3v) is 6.47. The van der Waals surface area contributed by atoms with E-state index in [1.807, 2.05) is 24.3 Å². The Hall–Kier alpha value is -4.78. The van der Waals surface area contributed by atoms with Gasteiger partial charge in [0.1, 0.15) is 18.6 Å². The van der Waals surface area contributed by atoms with E-state index in [1.165, 1.54) is 5.56 Å². The number of nitrogens with zero attached hydrogens (tertiary/aromatic N) is 3. The van der Waals surface area contributed by atoms with Gasteiger partial charge in [-0.15, -0.1) is 10.2 Å². The second-order valence-corrected chi connectivity index (χ2v) is 9.03. The Balaban J connectivity index is 1.61. The molecule has 0 radical (unpaired) electrons. The second-order valence-electron chi connectivity index (χ2n) is 9.03. The molecule has 7 heteroatoms. The molecule has 0 unspecified atom stereocenters. The number of alkyl halides is 1. The monoisotopic (exact) mass is 507 g/mol. The van der Waals surface area contributed by atoms with Crippen molar-refractivity contribution in [2.45, 2.75) is 26.4 Å². The summed E-state index contributed by atoms with van der Waals surface area (Å²) >= 11 is 0. The lowest BCUT2D eigenvalue weighted by molar-refractivity contribution is 0.112. The molecule has 2 N–H and O–H groups in total. The van der Waals surface area contributed by atoms with Crippen molar-refractivity contribution in [2.24, 2.45) is 10.2 Å². The zero-order valence-corrected chi connectivity index (χ0v) is 20.8. The highest BCUT2D eigenvalue weighted by Crippen LogP contribution is 2.44. The molecule has 0 bridgehead atoms. The summed E-state index contributed by atoms with van der Waals surface area (Å²) in [7, 11) is 0. The minimum absolute atomic E-state index is 0.113. The molecule has 0 amide bonds. The van der Waals surface area contributed by atoms with Crippen molar-refractivity contribution in [1.29, 1.82) is 0 Å². The maximum absolute atomic E-state index is 13.5. The topological polar surface area (TPSA) is 87.2 Å². The molecular formula is C31H26FN3O3. The minimum atomic E-state index is -0.660. The summed E-state index contributed by atoms with van der Waals surface area (Å²) in [6.45, 7) is 1.46. The Morgan fingerprint density at radius 3 is 2.39 bits per heavy atom. The van der Waals surface area contributed by atoms with Crippen LogP contribution in [-0.4, -0.2) is 21.1 Å². The second kappa shape index (κ2) is 10.7. The first kappa shape index (κ1) is 24.9.